The molecule has 0 bridgehead atoms. The zero-order chi connectivity index (χ0) is 20.5. The van der Waals surface area contributed by atoms with Crippen LogP contribution in [0.5, 0.6) is 0 Å². The molecule has 10 heteroatoms. The number of imidazole rings is 1. The Bertz CT molecular complexity index is 1140. The number of hydrogen-bond acceptors (Lipinski definition) is 3. The van der Waals surface area contributed by atoms with E-state index < -0.39 is 0 Å². The Morgan fingerprint density at radius 2 is 1.48 bits per heavy atom. The summed E-state index contributed by atoms with van der Waals surface area (Å²) in [5, 5.41) is 0. The molecule has 0 aliphatic carbocycles. The van der Waals surface area contributed by atoms with Crippen molar-refractivity contribution in [2.75, 3.05) is 0 Å². The first-order chi connectivity index (χ1) is 12.6. The van der Waals surface area contributed by atoms with E-state index in [0.29, 0.717) is 11.2 Å². The van der Waals surface area contributed by atoms with E-state index in [0.717, 1.165) is 14.9 Å². The van der Waals surface area contributed by atoms with Gasteiger partial charge in [-0.2, -0.15) is 1.33 Å². The van der Waals surface area contributed by atoms with Gasteiger partial charge in [-0.05, 0) is 12.5 Å². The molecule has 2 heterocycles. The third-order valence-electron chi connectivity index (χ3n) is 4.20. The summed E-state index contributed by atoms with van der Waals surface area (Å²) in [5.41, 5.74) is 3.29. The van der Waals surface area contributed by atoms with Crippen LogP contribution in [0, 0.1) is 10.7 Å². The normalized spacial score (nSPS) is 11.0. The summed E-state index contributed by atoms with van der Waals surface area (Å²) < 4.78 is 9.24. The van der Waals surface area contributed by atoms with E-state index in [9.17, 15) is 9.59 Å². The van der Waals surface area contributed by atoms with Crippen molar-refractivity contribution in [2.24, 2.45) is 28.2 Å². The van der Waals surface area contributed by atoms with Gasteiger partial charge in [-0.3, -0.25) is 0 Å². The summed E-state index contributed by atoms with van der Waals surface area (Å²) in [6.07, 6.45) is 0. The predicted molar refractivity (Wildman–Crippen MR) is 120 cm³/mol. The van der Waals surface area contributed by atoms with Crippen LogP contribution in [-0.4, -0.2) is 19.6 Å². The molecular formula is C17H21I2N5O2Pt. The van der Waals surface area contributed by atoms with E-state index >= 15 is 0 Å². The molecule has 0 aliphatic heterocycles. The van der Waals surface area contributed by atoms with Crippen molar-refractivity contribution >= 4 is 56.9 Å². The number of fused-ring (bicyclic) bond motifs is 1. The van der Waals surface area contributed by atoms with Crippen LogP contribution in [-0.2, 0) is 54.1 Å². The molecule has 150 valence electrons. The Balaban J connectivity index is 0.000000208. The molecule has 0 saturated carbocycles. The van der Waals surface area contributed by atoms with Gasteiger partial charge in [0.1, 0.15) is 0 Å². The third kappa shape index (κ3) is 4.91. The van der Waals surface area contributed by atoms with E-state index in [1.807, 2.05) is 18.7 Å². The Morgan fingerprint density at radius 1 is 0.926 bits per heavy atom. The second-order valence-corrected chi connectivity index (χ2v) is 11.4. The van der Waals surface area contributed by atoms with Crippen molar-refractivity contribution in [2.45, 2.75) is 13.5 Å². The number of aryl methyl sites for hydroxylation is 4. The van der Waals surface area contributed by atoms with Crippen LogP contribution in [0.25, 0.3) is 11.2 Å². The molecule has 0 saturated heterocycles. The van der Waals surface area contributed by atoms with Crippen LogP contribution in [0.1, 0.15) is 11.1 Å². The van der Waals surface area contributed by atoms with Crippen LogP contribution in [0.2, 0.25) is 0 Å². The molecule has 27 heavy (non-hydrogen) atoms. The average molecular weight is 776 g/mol. The van der Waals surface area contributed by atoms with Crippen molar-refractivity contribution in [3.8, 4) is 0 Å². The number of rotatable bonds is 2. The number of hydrogen-bond donors (Lipinski definition) is 0. The zero-order valence-electron chi connectivity index (χ0n) is 15.6. The fraction of sp³-hybridized carbons (Fsp3) is 0.353. The Morgan fingerprint density at radius 3 is 2.00 bits per heavy atom. The molecule has 1 aromatic carbocycles. The van der Waals surface area contributed by atoms with Gasteiger partial charge >= 0.3 is 102 Å². The molecule has 3 rings (SSSR count). The first-order valence-electron chi connectivity index (χ1n) is 7.97. The predicted octanol–water partition coefficient (Wildman–Crippen LogP) is 2.49. The van der Waals surface area contributed by atoms with Gasteiger partial charge in [0.25, 0.3) is 0 Å². The standard InChI is InChI=1S/C9H12N4O2.C8H9I2N.Pt/c1-10-5-11(2)7-6(10)8(14)13(4)9(15)12(7)3;1-7-2-4-8(5-3-7)6-11(9)10;/h1-4H3;2-5H,6H2,1H3;. The maximum absolute atomic E-state index is 12.0. The van der Waals surface area contributed by atoms with E-state index in [4.69, 9.17) is 0 Å². The molecule has 3 aromatic rings. The van der Waals surface area contributed by atoms with Gasteiger partial charge in [0.2, 0.25) is 0 Å². The van der Waals surface area contributed by atoms with Crippen molar-refractivity contribution in [1.82, 2.24) is 19.6 Å². The molecule has 0 spiro atoms. The molecule has 0 unspecified atom stereocenters. The summed E-state index contributed by atoms with van der Waals surface area (Å²) in [5.74, 6) is 0. The van der Waals surface area contributed by atoms with Gasteiger partial charge in [-0.1, -0.05) is 29.8 Å². The van der Waals surface area contributed by atoms with Crippen molar-refractivity contribution < 1.29 is 19.4 Å². The number of benzene rings is 1. The second kappa shape index (κ2) is 9.32. The molecule has 7 nitrogen and oxygen atoms in total. The topological polar surface area (TPSA) is 57.1 Å². The molecule has 0 radical (unpaired) electrons. The SMILES string of the molecule is Cc1ccc(CN(I)I)cc1.Cn1c(=O)c2c(n(C)c1=O)n(C)[c](=[Pt])n2C. The third-order valence-corrected chi connectivity index (χ3v) is 6.41. The minimum atomic E-state index is -0.310. The van der Waals surface area contributed by atoms with Crippen molar-refractivity contribution in [3.05, 3.63) is 60.0 Å². The van der Waals surface area contributed by atoms with Crippen molar-refractivity contribution in [1.29, 1.82) is 0 Å². The van der Waals surface area contributed by atoms with Gasteiger partial charge in [0.15, 0.2) is 0 Å². The molecule has 0 fully saturated rings. The van der Waals surface area contributed by atoms with Crippen LogP contribution in [0.15, 0.2) is 33.9 Å². The second-order valence-electron chi connectivity index (χ2n) is 6.18. The molecule has 0 amide bonds. The Hall–Kier alpha value is -0.522. The van der Waals surface area contributed by atoms with Gasteiger partial charge < -0.3 is 0 Å². The summed E-state index contributed by atoms with van der Waals surface area (Å²) in [7, 11) is 6.81. The molecular weight excluding hydrogens is 755 g/mol. The molecule has 0 aliphatic rings. The van der Waals surface area contributed by atoms with Gasteiger partial charge in [-0.15, -0.1) is 0 Å². The van der Waals surface area contributed by atoms with Crippen LogP contribution in [0.3, 0.4) is 0 Å². The fourth-order valence-electron chi connectivity index (χ4n) is 2.72. The minimum absolute atomic E-state index is 0.264. The van der Waals surface area contributed by atoms with Crippen molar-refractivity contribution in [3.63, 3.8) is 0 Å². The maximum atomic E-state index is 12.0. The monoisotopic (exact) mass is 776 g/mol. The van der Waals surface area contributed by atoms with E-state index in [2.05, 4.69) is 97.6 Å². The summed E-state index contributed by atoms with van der Waals surface area (Å²) in [6, 6.07) is 8.62. The first kappa shape index (κ1) is 22.8. The van der Waals surface area contributed by atoms with Gasteiger partial charge in [0.05, 0.1) is 0 Å². The van der Waals surface area contributed by atoms with E-state index in [1.165, 1.54) is 22.7 Å². The van der Waals surface area contributed by atoms with Gasteiger partial charge in [0, 0.05) is 52.3 Å². The molecule has 2 aromatic heterocycles. The quantitative estimate of drug-likeness (QED) is 0.298. The average Bonchev–Trinajstić information content (AvgIpc) is 2.84. The van der Waals surface area contributed by atoms with Crippen LogP contribution >= 0.6 is 45.7 Å². The van der Waals surface area contributed by atoms with Crippen LogP contribution in [0.4, 0.5) is 0 Å². The molecule has 0 N–H and O–H groups in total. The van der Waals surface area contributed by atoms with Gasteiger partial charge in [-0.25, -0.2) is 0 Å². The number of nitrogens with zero attached hydrogens (tertiary/aromatic N) is 5. The van der Waals surface area contributed by atoms with E-state index in [1.54, 1.807) is 11.6 Å². The number of aromatic nitrogens is 4. The Labute approximate surface area is 196 Å². The summed E-state index contributed by atoms with van der Waals surface area (Å²) in [4.78, 5) is 23.8. The number of halogens is 2. The Kier molecular flexibility index (Phi) is 7.86. The fourth-order valence-corrected chi connectivity index (χ4v) is 4.00. The first-order valence-corrected chi connectivity index (χ1v) is 11.0. The summed E-state index contributed by atoms with van der Waals surface area (Å²) >= 11 is 6.67. The summed E-state index contributed by atoms with van der Waals surface area (Å²) in [6.45, 7) is 3.11. The van der Waals surface area contributed by atoms with Crippen LogP contribution < -0.4 is 11.2 Å². The molecule has 0 atom stereocenters. The van der Waals surface area contributed by atoms with E-state index in [-0.39, 0.29) is 11.2 Å². The zero-order valence-corrected chi connectivity index (χ0v) is 22.2.